The van der Waals surface area contributed by atoms with E-state index in [1.54, 1.807) is 13.8 Å². The highest BCUT2D eigenvalue weighted by atomic mass is 16.2. The highest BCUT2D eigenvalue weighted by Crippen LogP contribution is 1.93. The van der Waals surface area contributed by atoms with Gasteiger partial charge in [0.25, 0.3) is 0 Å². The van der Waals surface area contributed by atoms with Crippen LogP contribution in [0.5, 0.6) is 0 Å². The molecule has 0 radical (unpaired) electrons. The summed E-state index contributed by atoms with van der Waals surface area (Å²) in [6.45, 7) is 8.59. The second-order valence-electron chi connectivity index (χ2n) is 5.07. The standard InChI is InChI=1S/C13H23N3O4.C2H6/c1-9(2)13(20)14-6-11(18)16(5)8-12(19)15(4)7-10(3)17;1-2/h9H,6-8H2,1-5H3,(H,14,20);1-2H3. The number of ketones is 1. The Morgan fingerprint density at radius 2 is 1.36 bits per heavy atom. The van der Waals surface area contributed by atoms with E-state index in [1.165, 1.54) is 30.8 Å². The van der Waals surface area contributed by atoms with Gasteiger partial charge in [0.2, 0.25) is 17.7 Å². The molecule has 0 spiro atoms. The zero-order valence-electron chi connectivity index (χ0n) is 14.7. The molecule has 0 saturated heterocycles. The summed E-state index contributed by atoms with van der Waals surface area (Å²) in [6, 6.07) is 0. The van der Waals surface area contributed by atoms with Crippen LogP contribution in [0.4, 0.5) is 0 Å². The molecular weight excluding hydrogens is 286 g/mol. The molecule has 0 atom stereocenters. The van der Waals surface area contributed by atoms with Gasteiger partial charge in [0.15, 0.2) is 0 Å². The Labute approximate surface area is 133 Å². The molecule has 0 rings (SSSR count). The molecule has 0 aliphatic carbocycles. The Balaban J connectivity index is 0. The molecule has 0 bridgehead atoms. The van der Waals surface area contributed by atoms with Gasteiger partial charge >= 0.3 is 0 Å². The van der Waals surface area contributed by atoms with Gasteiger partial charge in [-0.25, -0.2) is 0 Å². The summed E-state index contributed by atoms with van der Waals surface area (Å²) in [7, 11) is 2.98. The molecule has 0 unspecified atom stereocenters. The Morgan fingerprint density at radius 3 is 1.77 bits per heavy atom. The number of likely N-dealkylation sites (N-methyl/N-ethyl adjacent to an activating group) is 2. The molecule has 0 saturated carbocycles. The Hall–Kier alpha value is -1.92. The van der Waals surface area contributed by atoms with Crippen molar-refractivity contribution < 1.29 is 19.2 Å². The minimum absolute atomic E-state index is 0.0188. The molecule has 0 aliphatic rings. The van der Waals surface area contributed by atoms with Crippen LogP contribution in [0.2, 0.25) is 0 Å². The van der Waals surface area contributed by atoms with E-state index >= 15 is 0 Å². The van der Waals surface area contributed by atoms with Crippen LogP contribution in [0.25, 0.3) is 0 Å². The van der Waals surface area contributed by atoms with E-state index in [-0.39, 0.29) is 49.1 Å². The lowest BCUT2D eigenvalue weighted by atomic mass is 10.2. The maximum atomic E-state index is 11.7. The monoisotopic (exact) mass is 315 g/mol. The summed E-state index contributed by atoms with van der Waals surface area (Å²) in [5.74, 6) is -1.22. The summed E-state index contributed by atoms with van der Waals surface area (Å²) in [6.07, 6.45) is 0. The van der Waals surface area contributed by atoms with Gasteiger partial charge in [-0.1, -0.05) is 27.7 Å². The van der Waals surface area contributed by atoms with Crippen molar-refractivity contribution in [3.8, 4) is 0 Å². The lowest BCUT2D eigenvalue weighted by Gasteiger charge is -2.21. The molecular formula is C15H29N3O4. The van der Waals surface area contributed by atoms with Gasteiger partial charge in [-0.3, -0.25) is 19.2 Å². The Morgan fingerprint density at radius 1 is 0.909 bits per heavy atom. The van der Waals surface area contributed by atoms with Gasteiger partial charge in [0.1, 0.15) is 5.78 Å². The first kappa shape index (κ1) is 22.4. The highest BCUT2D eigenvalue weighted by molar-refractivity contribution is 5.90. The van der Waals surface area contributed by atoms with Gasteiger partial charge in [0.05, 0.1) is 19.6 Å². The summed E-state index contributed by atoms with van der Waals surface area (Å²) < 4.78 is 0. The van der Waals surface area contributed by atoms with Crippen molar-refractivity contribution in [2.75, 3.05) is 33.7 Å². The number of carbonyl (C=O) groups excluding carboxylic acids is 4. The number of nitrogens with zero attached hydrogens (tertiary/aromatic N) is 2. The fourth-order valence-corrected chi connectivity index (χ4v) is 1.34. The molecule has 22 heavy (non-hydrogen) atoms. The van der Waals surface area contributed by atoms with Crippen molar-refractivity contribution in [1.29, 1.82) is 0 Å². The van der Waals surface area contributed by atoms with Crippen LogP contribution in [0.1, 0.15) is 34.6 Å². The molecule has 0 heterocycles. The fourth-order valence-electron chi connectivity index (χ4n) is 1.34. The molecule has 0 aliphatic heterocycles. The van der Waals surface area contributed by atoms with E-state index in [9.17, 15) is 19.2 Å². The maximum absolute atomic E-state index is 11.7. The van der Waals surface area contributed by atoms with Gasteiger partial charge in [-0.2, -0.15) is 0 Å². The van der Waals surface area contributed by atoms with E-state index < -0.39 is 0 Å². The number of nitrogens with one attached hydrogen (secondary N) is 1. The molecule has 0 aromatic rings. The first-order chi connectivity index (χ1) is 10.1. The normalized spacial score (nSPS) is 9.45. The minimum atomic E-state index is -0.358. The molecule has 128 valence electrons. The van der Waals surface area contributed by atoms with Crippen LogP contribution in [0.15, 0.2) is 0 Å². The topological polar surface area (TPSA) is 86.8 Å². The average molecular weight is 315 g/mol. The molecule has 0 aromatic heterocycles. The number of amides is 3. The first-order valence-corrected chi connectivity index (χ1v) is 7.40. The number of hydrogen-bond acceptors (Lipinski definition) is 4. The average Bonchev–Trinajstić information content (AvgIpc) is 2.45. The zero-order valence-corrected chi connectivity index (χ0v) is 14.7. The SMILES string of the molecule is CC.CC(=O)CN(C)C(=O)CN(C)C(=O)CNC(=O)C(C)C. The van der Waals surface area contributed by atoms with Crippen LogP contribution in [0, 0.1) is 5.92 Å². The molecule has 7 nitrogen and oxygen atoms in total. The Kier molecular flexibility index (Phi) is 11.9. The van der Waals surface area contributed by atoms with Crippen molar-refractivity contribution >= 4 is 23.5 Å². The maximum Gasteiger partial charge on any atom is 0.242 e. The van der Waals surface area contributed by atoms with E-state index in [4.69, 9.17) is 0 Å². The lowest BCUT2D eigenvalue weighted by Crippen LogP contribution is -2.44. The van der Waals surface area contributed by atoms with Crippen LogP contribution in [0.3, 0.4) is 0 Å². The zero-order chi connectivity index (χ0) is 17.9. The van der Waals surface area contributed by atoms with Crippen molar-refractivity contribution in [3.05, 3.63) is 0 Å². The number of carbonyl (C=O) groups is 4. The third kappa shape index (κ3) is 9.90. The van der Waals surface area contributed by atoms with Crippen LogP contribution in [-0.4, -0.2) is 67.0 Å². The molecule has 7 heteroatoms. The molecule has 3 amide bonds. The first-order valence-electron chi connectivity index (χ1n) is 7.40. The quantitative estimate of drug-likeness (QED) is 0.731. The predicted octanol–water partition coefficient (Wildman–Crippen LogP) is 0.291. The van der Waals surface area contributed by atoms with E-state index in [0.29, 0.717) is 0 Å². The fraction of sp³-hybridized carbons (Fsp3) is 0.733. The molecule has 1 N–H and O–H groups in total. The van der Waals surface area contributed by atoms with E-state index in [1.807, 2.05) is 13.8 Å². The smallest absolute Gasteiger partial charge is 0.242 e. The molecule has 0 aromatic carbocycles. The summed E-state index contributed by atoms with van der Waals surface area (Å²) in [5, 5.41) is 2.49. The third-order valence-electron chi connectivity index (χ3n) is 2.62. The third-order valence-corrected chi connectivity index (χ3v) is 2.62. The number of hydrogen-bond donors (Lipinski definition) is 1. The summed E-state index contributed by atoms with van der Waals surface area (Å²) >= 11 is 0. The van der Waals surface area contributed by atoms with Gasteiger partial charge in [-0.15, -0.1) is 0 Å². The van der Waals surface area contributed by atoms with Gasteiger partial charge < -0.3 is 15.1 Å². The second-order valence-corrected chi connectivity index (χ2v) is 5.07. The molecule has 0 fully saturated rings. The van der Waals surface area contributed by atoms with Crippen molar-refractivity contribution in [2.24, 2.45) is 5.92 Å². The lowest BCUT2D eigenvalue weighted by molar-refractivity contribution is -0.140. The van der Waals surface area contributed by atoms with Crippen molar-refractivity contribution in [1.82, 2.24) is 15.1 Å². The van der Waals surface area contributed by atoms with Gasteiger partial charge in [-0.05, 0) is 6.92 Å². The van der Waals surface area contributed by atoms with Crippen LogP contribution >= 0.6 is 0 Å². The number of rotatable bonds is 7. The summed E-state index contributed by atoms with van der Waals surface area (Å²) in [5.41, 5.74) is 0. The highest BCUT2D eigenvalue weighted by Gasteiger charge is 2.17. The number of Topliss-reactive ketones (excluding diaryl/α,β-unsaturated/α-hetero) is 1. The minimum Gasteiger partial charge on any atom is -0.347 e. The van der Waals surface area contributed by atoms with Crippen molar-refractivity contribution in [3.63, 3.8) is 0 Å². The predicted molar refractivity (Wildman–Crippen MR) is 85.2 cm³/mol. The van der Waals surface area contributed by atoms with Crippen LogP contribution in [-0.2, 0) is 19.2 Å². The van der Waals surface area contributed by atoms with Crippen molar-refractivity contribution in [2.45, 2.75) is 34.6 Å². The summed E-state index contributed by atoms with van der Waals surface area (Å²) in [4.78, 5) is 48.2. The van der Waals surface area contributed by atoms with E-state index in [0.717, 1.165) is 0 Å². The van der Waals surface area contributed by atoms with E-state index in [2.05, 4.69) is 5.32 Å². The Bertz CT molecular complexity index is 394. The van der Waals surface area contributed by atoms with Crippen LogP contribution < -0.4 is 5.32 Å². The largest absolute Gasteiger partial charge is 0.347 e. The second kappa shape index (κ2) is 11.7. The van der Waals surface area contributed by atoms with Gasteiger partial charge in [0, 0.05) is 20.0 Å².